The Labute approximate surface area is 122 Å². The van der Waals surface area contributed by atoms with Gasteiger partial charge < -0.3 is 20.5 Å². The number of aromatic nitrogens is 1. The van der Waals surface area contributed by atoms with Gasteiger partial charge in [-0.3, -0.25) is 4.79 Å². The summed E-state index contributed by atoms with van der Waals surface area (Å²) in [6.45, 7) is 2.42. The molecule has 1 amide bonds. The van der Waals surface area contributed by atoms with Gasteiger partial charge in [-0.05, 0) is 25.1 Å². The van der Waals surface area contributed by atoms with Crippen molar-refractivity contribution in [2.24, 2.45) is 0 Å². The Morgan fingerprint density at radius 1 is 1.33 bits per heavy atom. The lowest BCUT2D eigenvalue weighted by atomic mass is 10.1. The summed E-state index contributed by atoms with van der Waals surface area (Å²) in [6.07, 6.45) is 1.53. The number of carbonyl (C=O) groups excluding carboxylic acids is 1. The van der Waals surface area contributed by atoms with Crippen molar-refractivity contribution in [1.29, 1.82) is 0 Å². The van der Waals surface area contributed by atoms with E-state index in [1.165, 1.54) is 13.3 Å². The highest BCUT2D eigenvalue weighted by Gasteiger charge is 2.14. The summed E-state index contributed by atoms with van der Waals surface area (Å²) in [5.41, 5.74) is 7.12. The van der Waals surface area contributed by atoms with Crippen LogP contribution in [0.25, 0.3) is 0 Å². The summed E-state index contributed by atoms with van der Waals surface area (Å²) < 4.78 is 10.4. The van der Waals surface area contributed by atoms with E-state index in [1.54, 1.807) is 30.3 Å². The van der Waals surface area contributed by atoms with Crippen LogP contribution in [0.3, 0.4) is 0 Å². The molecule has 0 spiro atoms. The van der Waals surface area contributed by atoms with Gasteiger partial charge in [-0.25, -0.2) is 4.98 Å². The first-order valence-corrected chi connectivity index (χ1v) is 6.48. The molecular formula is C15H17N3O3. The number of amides is 1. The molecule has 0 saturated carbocycles. The van der Waals surface area contributed by atoms with Gasteiger partial charge in [0.1, 0.15) is 0 Å². The summed E-state index contributed by atoms with van der Waals surface area (Å²) in [6, 6.07) is 8.42. The summed E-state index contributed by atoms with van der Waals surface area (Å²) in [7, 11) is 1.47. The van der Waals surface area contributed by atoms with Crippen LogP contribution in [0.2, 0.25) is 0 Å². The second kappa shape index (κ2) is 6.60. The van der Waals surface area contributed by atoms with Gasteiger partial charge in [0.25, 0.3) is 5.91 Å². The number of hydrogen-bond acceptors (Lipinski definition) is 5. The number of para-hydroxylation sites is 1. The number of nitrogens with one attached hydrogen (secondary N) is 1. The number of pyridine rings is 1. The van der Waals surface area contributed by atoms with Gasteiger partial charge in [-0.1, -0.05) is 6.07 Å². The average molecular weight is 287 g/mol. The smallest absolute Gasteiger partial charge is 0.259 e. The molecule has 0 atom stereocenters. The maximum atomic E-state index is 12.3. The van der Waals surface area contributed by atoms with Crippen LogP contribution in [-0.4, -0.2) is 24.6 Å². The van der Waals surface area contributed by atoms with E-state index < -0.39 is 0 Å². The van der Waals surface area contributed by atoms with Crippen molar-refractivity contribution in [3.8, 4) is 11.6 Å². The molecule has 2 aromatic rings. The van der Waals surface area contributed by atoms with Gasteiger partial charge in [0.15, 0.2) is 5.75 Å². The van der Waals surface area contributed by atoms with Crippen LogP contribution < -0.4 is 20.5 Å². The zero-order valence-electron chi connectivity index (χ0n) is 11.9. The van der Waals surface area contributed by atoms with Crippen molar-refractivity contribution in [2.45, 2.75) is 6.92 Å². The average Bonchev–Trinajstić information content (AvgIpc) is 2.49. The molecule has 110 valence electrons. The van der Waals surface area contributed by atoms with E-state index in [1.807, 2.05) is 6.92 Å². The Balaban J connectivity index is 2.16. The molecular weight excluding hydrogens is 270 g/mol. The first kappa shape index (κ1) is 14.6. The second-order valence-electron chi connectivity index (χ2n) is 4.20. The molecule has 0 aliphatic rings. The number of nitrogens with zero attached hydrogens (tertiary/aromatic N) is 1. The lowest BCUT2D eigenvalue weighted by Gasteiger charge is -2.11. The Kier molecular flexibility index (Phi) is 4.61. The minimum Gasteiger partial charge on any atom is -0.494 e. The monoisotopic (exact) mass is 287 g/mol. The fraction of sp³-hybridized carbons (Fsp3) is 0.200. The molecule has 1 aromatic carbocycles. The molecule has 6 heteroatoms. The van der Waals surface area contributed by atoms with Crippen molar-refractivity contribution in [3.05, 3.63) is 42.1 Å². The van der Waals surface area contributed by atoms with E-state index in [4.69, 9.17) is 15.2 Å². The van der Waals surface area contributed by atoms with Crippen molar-refractivity contribution < 1.29 is 14.3 Å². The number of ether oxygens (including phenoxy) is 2. The molecule has 0 saturated heterocycles. The number of anilines is 2. The van der Waals surface area contributed by atoms with Gasteiger partial charge >= 0.3 is 0 Å². The third-order valence-corrected chi connectivity index (χ3v) is 2.78. The maximum Gasteiger partial charge on any atom is 0.259 e. The number of benzene rings is 1. The Hall–Kier alpha value is -2.76. The molecule has 0 bridgehead atoms. The summed E-state index contributed by atoms with van der Waals surface area (Å²) in [4.78, 5) is 16.3. The minimum absolute atomic E-state index is 0.315. The summed E-state index contributed by atoms with van der Waals surface area (Å²) >= 11 is 0. The van der Waals surface area contributed by atoms with E-state index >= 15 is 0 Å². The van der Waals surface area contributed by atoms with Crippen molar-refractivity contribution in [2.75, 3.05) is 24.8 Å². The Bertz CT molecular complexity index is 627. The van der Waals surface area contributed by atoms with E-state index in [0.717, 1.165) is 0 Å². The highest BCUT2D eigenvalue weighted by atomic mass is 16.5. The normalized spacial score (nSPS) is 10.0. The highest BCUT2D eigenvalue weighted by molar-refractivity contribution is 6.07. The van der Waals surface area contributed by atoms with E-state index in [-0.39, 0.29) is 5.91 Å². The zero-order valence-corrected chi connectivity index (χ0v) is 11.9. The molecule has 1 aromatic heterocycles. The second-order valence-corrected chi connectivity index (χ2v) is 4.20. The predicted octanol–water partition coefficient (Wildman–Crippen LogP) is 2.32. The van der Waals surface area contributed by atoms with Gasteiger partial charge in [0, 0.05) is 6.07 Å². The van der Waals surface area contributed by atoms with E-state index in [0.29, 0.717) is 35.2 Å². The molecule has 0 unspecified atom stereocenters. The highest BCUT2D eigenvalue weighted by Crippen LogP contribution is 2.26. The number of rotatable bonds is 5. The molecule has 0 aliphatic heterocycles. The third kappa shape index (κ3) is 3.42. The molecule has 0 fully saturated rings. The Morgan fingerprint density at radius 3 is 2.76 bits per heavy atom. The van der Waals surface area contributed by atoms with Crippen LogP contribution in [0.15, 0.2) is 36.5 Å². The molecule has 0 aliphatic carbocycles. The van der Waals surface area contributed by atoms with Crippen LogP contribution in [0.1, 0.15) is 17.3 Å². The standard InChI is InChI=1S/C15H17N3O3/c1-3-21-13-8-7-10(9-17-13)18-15(19)11-5-4-6-12(16)14(11)20-2/h4-9H,3,16H2,1-2H3,(H,18,19). The van der Waals surface area contributed by atoms with Crippen molar-refractivity contribution in [1.82, 2.24) is 4.98 Å². The number of methoxy groups -OCH3 is 1. The number of nitrogens with two attached hydrogens (primary N) is 1. The molecule has 21 heavy (non-hydrogen) atoms. The number of nitrogen functional groups attached to an aromatic ring is 1. The first-order valence-electron chi connectivity index (χ1n) is 6.48. The first-order chi connectivity index (χ1) is 10.2. The summed E-state index contributed by atoms with van der Waals surface area (Å²) in [5, 5.41) is 2.74. The lowest BCUT2D eigenvalue weighted by molar-refractivity contribution is 0.102. The van der Waals surface area contributed by atoms with Gasteiger partial charge in [0.2, 0.25) is 5.88 Å². The van der Waals surface area contributed by atoms with Gasteiger partial charge in [-0.15, -0.1) is 0 Å². The van der Waals surface area contributed by atoms with E-state index in [9.17, 15) is 4.79 Å². The van der Waals surface area contributed by atoms with Crippen molar-refractivity contribution >= 4 is 17.3 Å². The summed E-state index contributed by atoms with van der Waals surface area (Å²) in [5.74, 6) is 0.552. The zero-order chi connectivity index (χ0) is 15.2. The van der Waals surface area contributed by atoms with Crippen LogP contribution in [-0.2, 0) is 0 Å². The van der Waals surface area contributed by atoms with Gasteiger partial charge in [-0.2, -0.15) is 0 Å². The van der Waals surface area contributed by atoms with E-state index in [2.05, 4.69) is 10.3 Å². The number of hydrogen-bond donors (Lipinski definition) is 2. The lowest BCUT2D eigenvalue weighted by Crippen LogP contribution is -2.14. The van der Waals surface area contributed by atoms with Crippen LogP contribution in [0.5, 0.6) is 11.6 Å². The third-order valence-electron chi connectivity index (χ3n) is 2.78. The van der Waals surface area contributed by atoms with Crippen LogP contribution in [0.4, 0.5) is 11.4 Å². The molecule has 3 N–H and O–H groups in total. The largest absolute Gasteiger partial charge is 0.494 e. The molecule has 6 nitrogen and oxygen atoms in total. The van der Waals surface area contributed by atoms with Gasteiger partial charge in [0.05, 0.1) is 36.9 Å². The fourth-order valence-electron chi connectivity index (χ4n) is 1.85. The van der Waals surface area contributed by atoms with Crippen LogP contribution >= 0.6 is 0 Å². The maximum absolute atomic E-state index is 12.3. The number of carbonyl (C=O) groups is 1. The quantitative estimate of drug-likeness (QED) is 0.824. The molecule has 2 rings (SSSR count). The molecule has 0 radical (unpaired) electrons. The minimum atomic E-state index is -0.315. The Morgan fingerprint density at radius 2 is 2.14 bits per heavy atom. The fourth-order valence-corrected chi connectivity index (χ4v) is 1.85. The molecule has 1 heterocycles. The SMILES string of the molecule is CCOc1ccc(NC(=O)c2cccc(N)c2OC)cn1. The van der Waals surface area contributed by atoms with Crippen LogP contribution in [0, 0.1) is 0 Å². The topological polar surface area (TPSA) is 86.5 Å². The van der Waals surface area contributed by atoms with Crippen molar-refractivity contribution in [3.63, 3.8) is 0 Å². The predicted molar refractivity (Wildman–Crippen MR) is 80.8 cm³/mol.